The molecule has 0 N–H and O–H groups in total. The van der Waals surface area contributed by atoms with Crippen LogP contribution >= 0.6 is 11.6 Å². The smallest absolute Gasteiger partial charge is 0.215 e. The van der Waals surface area contributed by atoms with Gasteiger partial charge in [-0.2, -0.15) is 0 Å². The second kappa shape index (κ2) is 2.64. The molecule has 0 aliphatic rings. The van der Waals surface area contributed by atoms with Crippen LogP contribution in [0, 0.1) is 5.82 Å². The van der Waals surface area contributed by atoms with Crippen LogP contribution in [0.4, 0.5) is 4.39 Å². The third-order valence-corrected chi connectivity index (χ3v) is 1.55. The molecule has 0 unspecified atom stereocenters. The van der Waals surface area contributed by atoms with Crippen molar-refractivity contribution in [3.63, 3.8) is 0 Å². The molecule has 0 fully saturated rings. The molecule has 60 valence electrons. The van der Waals surface area contributed by atoms with Crippen molar-refractivity contribution in [2.45, 2.75) is 0 Å². The van der Waals surface area contributed by atoms with Gasteiger partial charge in [0, 0.05) is 6.07 Å². The number of fused-ring (bicyclic) bond motifs is 1. The van der Waals surface area contributed by atoms with E-state index < -0.39 is 0 Å². The Hall–Kier alpha value is -1.29. The highest BCUT2D eigenvalue weighted by Crippen LogP contribution is 2.11. The minimum absolute atomic E-state index is 0.0214. The van der Waals surface area contributed by atoms with Crippen LogP contribution in [0.2, 0.25) is 5.28 Å². The van der Waals surface area contributed by atoms with Crippen LogP contribution in [0.25, 0.3) is 11.0 Å². The Kier molecular flexibility index (Phi) is 1.62. The molecule has 5 heteroatoms. The number of rotatable bonds is 0. The predicted octanol–water partition coefficient (Wildman–Crippen LogP) is 1.82. The van der Waals surface area contributed by atoms with E-state index in [1.54, 1.807) is 0 Å². The molecule has 3 nitrogen and oxygen atoms in total. The van der Waals surface area contributed by atoms with Crippen molar-refractivity contribution in [2.75, 3.05) is 0 Å². The molecule has 2 aromatic rings. The average Bonchev–Trinajstić information content (AvgIpc) is 2.03. The zero-order valence-electron chi connectivity index (χ0n) is 5.83. The second-order valence-corrected chi connectivity index (χ2v) is 2.55. The Morgan fingerprint density at radius 2 is 2.00 bits per heavy atom. The maximum atomic E-state index is 12.6. The van der Waals surface area contributed by atoms with Gasteiger partial charge in [-0.25, -0.2) is 9.37 Å². The summed E-state index contributed by atoms with van der Waals surface area (Å²) < 4.78 is 12.6. The molecule has 0 amide bonds. The molecule has 0 atom stereocenters. The SMILES string of the molecule is Fc1ccc2nnc(Cl)nc2c1. The molecule has 0 saturated heterocycles. The molecule has 12 heavy (non-hydrogen) atoms. The number of halogens is 2. The van der Waals surface area contributed by atoms with Crippen LogP contribution < -0.4 is 0 Å². The van der Waals surface area contributed by atoms with E-state index in [4.69, 9.17) is 11.6 Å². The summed E-state index contributed by atoms with van der Waals surface area (Å²) in [5.74, 6) is -0.362. The molecule has 0 aliphatic carbocycles. The van der Waals surface area contributed by atoms with Crippen molar-refractivity contribution >= 4 is 22.6 Å². The first-order valence-electron chi connectivity index (χ1n) is 3.21. The van der Waals surface area contributed by atoms with E-state index in [-0.39, 0.29) is 11.1 Å². The lowest BCUT2D eigenvalue weighted by molar-refractivity contribution is 0.629. The van der Waals surface area contributed by atoms with Gasteiger partial charge < -0.3 is 0 Å². The quantitative estimate of drug-likeness (QED) is 0.625. The van der Waals surface area contributed by atoms with E-state index in [1.807, 2.05) is 0 Å². The van der Waals surface area contributed by atoms with Gasteiger partial charge in [-0.1, -0.05) is 0 Å². The molecule has 0 radical (unpaired) electrons. The normalized spacial score (nSPS) is 10.5. The van der Waals surface area contributed by atoms with Crippen LogP contribution in [0.3, 0.4) is 0 Å². The van der Waals surface area contributed by atoms with Gasteiger partial charge in [0.25, 0.3) is 0 Å². The summed E-state index contributed by atoms with van der Waals surface area (Å²) in [5.41, 5.74) is 0.941. The lowest BCUT2D eigenvalue weighted by atomic mass is 10.3. The van der Waals surface area contributed by atoms with E-state index in [1.165, 1.54) is 18.2 Å². The summed E-state index contributed by atoms with van der Waals surface area (Å²) in [7, 11) is 0. The molecule has 0 aliphatic heterocycles. The molecule has 1 aromatic heterocycles. The standard InChI is InChI=1S/C7H3ClFN3/c8-7-10-6-3-4(9)1-2-5(6)11-12-7/h1-3H. The molecule has 1 aromatic carbocycles. The Morgan fingerprint density at radius 1 is 1.17 bits per heavy atom. The van der Waals surface area contributed by atoms with Crippen LogP contribution in [0.15, 0.2) is 18.2 Å². The molecule has 0 bridgehead atoms. The Morgan fingerprint density at radius 3 is 2.83 bits per heavy atom. The summed E-state index contributed by atoms with van der Waals surface area (Å²) in [5, 5.41) is 7.25. The lowest BCUT2D eigenvalue weighted by Crippen LogP contribution is -1.89. The largest absolute Gasteiger partial charge is 0.243 e. The minimum Gasteiger partial charge on any atom is -0.215 e. The molecule has 2 rings (SSSR count). The Labute approximate surface area is 72.2 Å². The fourth-order valence-electron chi connectivity index (χ4n) is 0.888. The van der Waals surface area contributed by atoms with Gasteiger partial charge in [-0.05, 0) is 23.7 Å². The van der Waals surface area contributed by atoms with Gasteiger partial charge in [-0.15, -0.1) is 10.2 Å². The molecular formula is C7H3ClFN3. The Balaban J connectivity index is 2.80. The van der Waals surface area contributed by atoms with Crippen LogP contribution in [-0.4, -0.2) is 15.2 Å². The predicted molar refractivity (Wildman–Crippen MR) is 42.3 cm³/mol. The van der Waals surface area contributed by atoms with E-state index in [0.717, 1.165) is 0 Å². The summed E-state index contributed by atoms with van der Waals surface area (Å²) in [6.45, 7) is 0. The summed E-state index contributed by atoms with van der Waals surface area (Å²) in [6, 6.07) is 4.06. The number of nitrogens with zero attached hydrogens (tertiary/aromatic N) is 3. The van der Waals surface area contributed by atoms with Gasteiger partial charge in [0.2, 0.25) is 5.28 Å². The summed E-state index contributed by atoms with van der Waals surface area (Å²) in [6.07, 6.45) is 0. The van der Waals surface area contributed by atoms with E-state index >= 15 is 0 Å². The maximum Gasteiger partial charge on any atom is 0.243 e. The van der Waals surface area contributed by atoms with E-state index in [2.05, 4.69) is 15.2 Å². The van der Waals surface area contributed by atoms with Gasteiger partial charge in [0.15, 0.2) is 0 Å². The van der Waals surface area contributed by atoms with Gasteiger partial charge in [-0.3, -0.25) is 0 Å². The van der Waals surface area contributed by atoms with Crippen molar-refractivity contribution in [3.05, 3.63) is 29.3 Å². The third kappa shape index (κ3) is 1.21. The van der Waals surface area contributed by atoms with Crippen LogP contribution in [0.1, 0.15) is 0 Å². The molecule has 0 spiro atoms. The lowest BCUT2D eigenvalue weighted by Gasteiger charge is -1.94. The molecule has 1 heterocycles. The van der Waals surface area contributed by atoms with Crippen molar-refractivity contribution in [3.8, 4) is 0 Å². The van der Waals surface area contributed by atoms with E-state index in [9.17, 15) is 4.39 Å². The average molecular weight is 184 g/mol. The third-order valence-electron chi connectivity index (χ3n) is 1.39. The highest BCUT2D eigenvalue weighted by Gasteiger charge is 1.99. The summed E-state index contributed by atoms with van der Waals surface area (Å²) >= 11 is 5.46. The fraction of sp³-hybridized carbons (Fsp3) is 0. The van der Waals surface area contributed by atoms with Crippen molar-refractivity contribution in [2.24, 2.45) is 0 Å². The van der Waals surface area contributed by atoms with Crippen molar-refractivity contribution in [1.82, 2.24) is 15.2 Å². The highest BCUT2D eigenvalue weighted by molar-refractivity contribution is 6.28. The minimum atomic E-state index is -0.362. The second-order valence-electron chi connectivity index (χ2n) is 2.21. The fourth-order valence-corrected chi connectivity index (χ4v) is 1.02. The van der Waals surface area contributed by atoms with E-state index in [0.29, 0.717) is 11.0 Å². The number of hydrogen-bond acceptors (Lipinski definition) is 3. The van der Waals surface area contributed by atoms with Crippen molar-refractivity contribution < 1.29 is 4.39 Å². The molecular weight excluding hydrogens is 181 g/mol. The highest BCUT2D eigenvalue weighted by atomic mass is 35.5. The number of aromatic nitrogens is 3. The maximum absolute atomic E-state index is 12.6. The van der Waals surface area contributed by atoms with Gasteiger partial charge >= 0.3 is 0 Å². The van der Waals surface area contributed by atoms with Crippen LogP contribution in [0.5, 0.6) is 0 Å². The summed E-state index contributed by atoms with van der Waals surface area (Å²) in [4.78, 5) is 3.79. The number of benzene rings is 1. The van der Waals surface area contributed by atoms with Gasteiger partial charge in [0.1, 0.15) is 11.3 Å². The van der Waals surface area contributed by atoms with Crippen LogP contribution in [-0.2, 0) is 0 Å². The first kappa shape index (κ1) is 7.36. The Bertz CT molecular complexity index is 395. The van der Waals surface area contributed by atoms with Gasteiger partial charge in [0.05, 0.1) is 5.52 Å². The number of hydrogen-bond donors (Lipinski definition) is 0. The monoisotopic (exact) mass is 183 g/mol. The zero-order valence-corrected chi connectivity index (χ0v) is 6.59. The topological polar surface area (TPSA) is 38.7 Å². The first-order valence-corrected chi connectivity index (χ1v) is 3.59. The van der Waals surface area contributed by atoms with Crippen molar-refractivity contribution in [1.29, 1.82) is 0 Å². The molecule has 0 saturated carbocycles. The first-order chi connectivity index (χ1) is 5.75. The zero-order chi connectivity index (χ0) is 8.55.